The van der Waals surface area contributed by atoms with E-state index in [0.717, 1.165) is 42.7 Å². The lowest BCUT2D eigenvalue weighted by Crippen LogP contribution is -2.22. The van der Waals surface area contributed by atoms with Crippen molar-refractivity contribution >= 4 is 5.91 Å². The number of nitrogens with one attached hydrogen (secondary N) is 1. The van der Waals surface area contributed by atoms with Crippen molar-refractivity contribution in [3.63, 3.8) is 0 Å². The molecule has 0 heterocycles. The van der Waals surface area contributed by atoms with E-state index in [1.807, 2.05) is 36.4 Å². The predicted molar refractivity (Wildman–Crippen MR) is 95.1 cm³/mol. The third-order valence-corrected chi connectivity index (χ3v) is 3.69. The molecule has 24 heavy (non-hydrogen) atoms. The van der Waals surface area contributed by atoms with Gasteiger partial charge in [0.25, 0.3) is 0 Å². The van der Waals surface area contributed by atoms with Gasteiger partial charge in [-0.1, -0.05) is 31.2 Å². The van der Waals surface area contributed by atoms with Crippen LogP contribution in [0.5, 0.6) is 11.5 Å². The molecular weight excluding hydrogens is 302 g/mol. The first-order valence-electron chi connectivity index (χ1n) is 8.43. The van der Waals surface area contributed by atoms with E-state index in [-0.39, 0.29) is 11.7 Å². The first kappa shape index (κ1) is 17.9. The Labute approximate surface area is 143 Å². The summed E-state index contributed by atoms with van der Waals surface area (Å²) < 4.78 is 5.54. The van der Waals surface area contributed by atoms with E-state index in [1.165, 1.54) is 0 Å². The maximum Gasteiger partial charge on any atom is 0.220 e. The van der Waals surface area contributed by atoms with Gasteiger partial charge in [0.15, 0.2) is 0 Å². The van der Waals surface area contributed by atoms with E-state index in [4.69, 9.17) is 4.74 Å². The fourth-order valence-corrected chi connectivity index (χ4v) is 2.33. The molecule has 128 valence electrons. The Morgan fingerprint density at radius 2 is 1.71 bits per heavy atom. The van der Waals surface area contributed by atoms with Crippen LogP contribution < -0.4 is 10.1 Å². The Morgan fingerprint density at radius 3 is 2.38 bits per heavy atom. The number of hydrogen-bond acceptors (Lipinski definition) is 3. The molecular formula is C20H25NO3. The van der Waals surface area contributed by atoms with Gasteiger partial charge in [-0.05, 0) is 54.7 Å². The van der Waals surface area contributed by atoms with Crippen molar-refractivity contribution in [3.8, 4) is 11.5 Å². The van der Waals surface area contributed by atoms with E-state index >= 15 is 0 Å². The number of carbonyl (C=O) groups excluding carboxylic acids is 1. The highest BCUT2D eigenvalue weighted by Crippen LogP contribution is 2.13. The molecule has 0 fully saturated rings. The number of phenolic OH excluding ortho intramolecular Hbond substituents is 1. The van der Waals surface area contributed by atoms with Crippen LogP contribution in [-0.4, -0.2) is 17.6 Å². The van der Waals surface area contributed by atoms with Crippen molar-refractivity contribution < 1.29 is 14.6 Å². The molecule has 1 amide bonds. The third kappa shape index (κ3) is 6.32. The van der Waals surface area contributed by atoms with Crippen LogP contribution in [0.1, 0.15) is 37.3 Å². The molecule has 0 aliphatic carbocycles. The second-order valence-electron chi connectivity index (χ2n) is 5.79. The summed E-state index contributed by atoms with van der Waals surface area (Å²) >= 11 is 0. The molecule has 0 unspecified atom stereocenters. The number of aryl methyl sites for hydroxylation is 1. The van der Waals surface area contributed by atoms with Crippen LogP contribution >= 0.6 is 0 Å². The number of phenols is 1. The number of benzene rings is 2. The van der Waals surface area contributed by atoms with Gasteiger partial charge in [0.2, 0.25) is 5.91 Å². The molecule has 2 aromatic rings. The molecule has 0 radical (unpaired) electrons. The largest absolute Gasteiger partial charge is 0.508 e. The molecule has 0 aliphatic rings. The Kier molecular flexibility index (Phi) is 7.15. The second kappa shape index (κ2) is 9.60. The molecule has 0 aliphatic heterocycles. The Balaban J connectivity index is 1.66. The van der Waals surface area contributed by atoms with E-state index < -0.39 is 0 Å². The fraction of sp³-hybridized carbons (Fsp3) is 0.350. The number of ether oxygens (including phenoxy) is 1. The zero-order valence-corrected chi connectivity index (χ0v) is 14.1. The summed E-state index contributed by atoms with van der Waals surface area (Å²) in [6.45, 7) is 3.33. The van der Waals surface area contributed by atoms with Crippen LogP contribution in [0.4, 0.5) is 0 Å². The van der Waals surface area contributed by atoms with Gasteiger partial charge in [0.1, 0.15) is 11.5 Å². The minimum atomic E-state index is 0.0556. The van der Waals surface area contributed by atoms with Gasteiger partial charge in [-0.15, -0.1) is 0 Å². The minimum Gasteiger partial charge on any atom is -0.508 e. The average molecular weight is 327 g/mol. The van der Waals surface area contributed by atoms with Crippen molar-refractivity contribution in [2.45, 2.75) is 39.2 Å². The Bertz CT molecular complexity index is 620. The maximum atomic E-state index is 11.9. The van der Waals surface area contributed by atoms with Crippen LogP contribution in [0.3, 0.4) is 0 Å². The number of hydrogen-bond donors (Lipinski definition) is 2. The molecule has 0 aromatic heterocycles. The smallest absolute Gasteiger partial charge is 0.220 e. The van der Waals surface area contributed by atoms with E-state index in [2.05, 4.69) is 12.2 Å². The molecule has 0 bridgehead atoms. The first-order chi connectivity index (χ1) is 11.7. The lowest BCUT2D eigenvalue weighted by atomic mass is 10.1. The van der Waals surface area contributed by atoms with Crippen LogP contribution in [-0.2, 0) is 17.8 Å². The van der Waals surface area contributed by atoms with E-state index in [9.17, 15) is 9.90 Å². The van der Waals surface area contributed by atoms with Gasteiger partial charge in [-0.25, -0.2) is 0 Å². The molecule has 0 saturated carbocycles. The molecule has 4 heteroatoms. The SMILES string of the molecule is CCCOc1ccc(CNC(=O)CCCc2ccc(O)cc2)cc1. The molecule has 4 nitrogen and oxygen atoms in total. The number of aromatic hydroxyl groups is 1. The monoisotopic (exact) mass is 327 g/mol. The van der Waals surface area contributed by atoms with Gasteiger partial charge >= 0.3 is 0 Å². The summed E-state index contributed by atoms with van der Waals surface area (Å²) in [6.07, 6.45) is 3.11. The van der Waals surface area contributed by atoms with Gasteiger partial charge < -0.3 is 15.2 Å². The summed E-state index contributed by atoms with van der Waals surface area (Å²) in [5.41, 5.74) is 2.19. The van der Waals surface area contributed by atoms with Crippen LogP contribution in [0.25, 0.3) is 0 Å². The van der Waals surface area contributed by atoms with Gasteiger partial charge in [-0.3, -0.25) is 4.79 Å². The number of amides is 1. The third-order valence-electron chi connectivity index (χ3n) is 3.69. The summed E-state index contributed by atoms with van der Waals surface area (Å²) in [7, 11) is 0. The molecule has 2 aromatic carbocycles. The summed E-state index contributed by atoms with van der Waals surface area (Å²) in [6, 6.07) is 14.9. The lowest BCUT2D eigenvalue weighted by molar-refractivity contribution is -0.121. The second-order valence-corrected chi connectivity index (χ2v) is 5.79. The molecule has 0 atom stereocenters. The zero-order valence-electron chi connectivity index (χ0n) is 14.1. The van der Waals surface area contributed by atoms with E-state index in [0.29, 0.717) is 13.0 Å². The summed E-state index contributed by atoms with van der Waals surface area (Å²) in [5, 5.41) is 12.2. The predicted octanol–water partition coefficient (Wildman–Crippen LogP) is 3.82. The zero-order chi connectivity index (χ0) is 17.2. The Morgan fingerprint density at radius 1 is 1.04 bits per heavy atom. The standard InChI is InChI=1S/C20H25NO3/c1-2-14-24-19-12-8-17(9-13-19)15-21-20(23)5-3-4-16-6-10-18(22)11-7-16/h6-13,22H,2-5,14-15H2,1H3,(H,21,23). The van der Waals surface area contributed by atoms with Gasteiger partial charge in [0.05, 0.1) is 6.61 Å². The highest BCUT2D eigenvalue weighted by Gasteiger charge is 2.03. The normalized spacial score (nSPS) is 10.4. The summed E-state index contributed by atoms with van der Waals surface area (Å²) in [5.74, 6) is 1.18. The number of rotatable bonds is 9. The summed E-state index contributed by atoms with van der Waals surface area (Å²) in [4.78, 5) is 11.9. The average Bonchev–Trinajstić information content (AvgIpc) is 2.61. The van der Waals surface area contributed by atoms with Gasteiger partial charge in [0, 0.05) is 13.0 Å². The van der Waals surface area contributed by atoms with Crippen molar-refractivity contribution in [2.24, 2.45) is 0 Å². The van der Waals surface area contributed by atoms with Gasteiger partial charge in [-0.2, -0.15) is 0 Å². The van der Waals surface area contributed by atoms with Crippen molar-refractivity contribution in [1.29, 1.82) is 0 Å². The highest BCUT2D eigenvalue weighted by molar-refractivity contribution is 5.75. The van der Waals surface area contributed by atoms with Crippen molar-refractivity contribution in [3.05, 3.63) is 59.7 Å². The van der Waals surface area contributed by atoms with Crippen molar-refractivity contribution in [2.75, 3.05) is 6.61 Å². The molecule has 2 rings (SSSR count). The maximum absolute atomic E-state index is 11.9. The quantitative estimate of drug-likeness (QED) is 0.736. The first-order valence-corrected chi connectivity index (χ1v) is 8.43. The van der Waals surface area contributed by atoms with Crippen LogP contribution in [0.2, 0.25) is 0 Å². The van der Waals surface area contributed by atoms with Crippen LogP contribution in [0.15, 0.2) is 48.5 Å². The van der Waals surface area contributed by atoms with Crippen LogP contribution in [0, 0.1) is 0 Å². The lowest BCUT2D eigenvalue weighted by Gasteiger charge is -2.08. The number of carbonyl (C=O) groups is 1. The van der Waals surface area contributed by atoms with Crippen molar-refractivity contribution in [1.82, 2.24) is 5.32 Å². The molecule has 2 N–H and O–H groups in total. The molecule has 0 saturated heterocycles. The highest BCUT2D eigenvalue weighted by atomic mass is 16.5. The molecule has 0 spiro atoms. The topological polar surface area (TPSA) is 58.6 Å². The minimum absolute atomic E-state index is 0.0556. The Hall–Kier alpha value is -2.49. The van der Waals surface area contributed by atoms with E-state index in [1.54, 1.807) is 12.1 Å². The fourth-order valence-electron chi connectivity index (χ4n) is 2.33.